The molecule has 1 aromatic carbocycles. The molecule has 2 aliphatic heterocycles. The molecule has 10 heteroatoms. The normalized spacial score (nSPS) is 22.3. The van der Waals surface area contributed by atoms with Gasteiger partial charge in [0.1, 0.15) is 11.8 Å². The number of carbonyl (C=O) groups is 3. The quantitative estimate of drug-likeness (QED) is 0.702. The lowest BCUT2D eigenvalue weighted by Gasteiger charge is -2.29. The maximum Gasteiger partial charge on any atom is 0.244 e. The Bertz CT molecular complexity index is 902. The number of hydrogen-bond acceptors (Lipinski definition) is 6. The first kappa shape index (κ1) is 21.1. The zero-order valence-electron chi connectivity index (χ0n) is 16.5. The Kier molecular flexibility index (Phi) is 6.11. The van der Waals surface area contributed by atoms with Crippen LogP contribution in [0.1, 0.15) is 13.3 Å². The molecule has 2 saturated heterocycles. The average Bonchev–Trinajstić information content (AvgIpc) is 3.09. The lowest BCUT2D eigenvalue weighted by atomic mass is 10.1. The number of benzene rings is 1. The van der Waals surface area contributed by atoms with E-state index in [0.717, 1.165) is 0 Å². The Morgan fingerprint density at radius 3 is 2.59 bits per heavy atom. The van der Waals surface area contributed by atoms with Crippen LogP contribution in [0.2, 0.25) is 0 Å². The molecule has 2 aliphatic rings. The highest BCUT2D eigenvalue weighted by atomic mass is 32.2. The number of hydrogen-bond donors (Lipinski definition) is 1. The Morgan fingerprint density at radius 2 is 1.93 bits per heavy atom. The molecule has 9 nitrogen and oxygen atoms in total. The number of amides is 3. The third-order valence-corrected chi connectivity index (χ3v) is 6.86. The van der Waals surface area contributed by atoms with Crippen LogP contribution in [0.4, 0.5) is 5.69 Å². The second kappa shape index (κ2) is 8.40. The van der Waals surface area contributed by atoms with Gasteiger partial charge in [0.05, 0.1) is 24.5 Å². The minimum Gasteiger partial charge on any atom is -0.497 e. The molecule has 0 aromatic heterocycles. The lowest BCUT2D eigenvalue weighted by molar-refractivity contribution is -0.136. The molecule has 29 heavy (non-hydrogen) atoms. The van der Waals surface area contributed by atoms with Crippen LogP contribution in [-0.4, -0.2) is 75.3 Å². The fourth-order valence-electron chi connectivity index (χ4n) is 3.51. The minimum atomic E-state index is -3.09. The van der Waals surface area contributed by atoms with Crippen LogP contribution in [0.5, 0.6) is 5.75 Å². The Labute approximate surface area is 169 Å². The predicted octanol–water partition coefficient (Wildman–Crippen LogP) is -0.190. The maximum absolute atomic E-state index is 12.6. The lowest BCUT2D eigenvalue weighted by Crippen LogP contribution is -2.52. The summed E-state index contributed by atoms with van der Waals surface area (Å²) in [4.78, 5) is 40.5. The standard InChI is InChI=1S/C19H25N3O6S/c1-13(19(25)21-6-8-29(26,27)9-7-21)20-18(24)14-10-17(23)22(12-14)15-4-3-5-16(11-15)28-2/h3-5,11,13-14H,6-10,12H2,1-2H3,(H,20,24). The summed E-state index contributed by atoms with van der Waals surface area (Å²) in [6, 6.07) is 6.26. The van der Waals surface area contributed by atoms with Gasteiger partial charge >= 0.3 is 0 Å². The molecule has 0 bridgehead atoms. The van der Waals surface area contributed by atoms with E-state index in [4.69, 9.17) is 4.74 Å². The third-order valence-electron chi connectivity index (χ3n) is 5.25. The molecule has 3 rings (SSSR count). The number of methoxy groups -OCH3 is 1. The van der Waals surface area contributed by atoms with Crippen molar-refractivity contribution in [3.05, 3.63) is 24.3 Å². The van der Waals surface area contributed by atoms with Crippen molar-refractivity contribution in [3.63, 3.8) is 0 Å². The molecule has 2 heterocycles. The van der Waals surface area contributed by atoms with Crippen molar-refractivity contribution in [1.29, 1.82) is 0 Å². The van der Waals surface area contributed by atoms with Gasteiger partial charge in [-0.2, -0.15) is 0 Å². The van der Waals surface area contributed by atoms with Gasteiger partial charge in [0, 0.05) is 37.8 Å². The van der Waals surface area contributed by atoms with Gasteiger partial charge in [0.15, 0.2) is 9.84 Å². The van der Waals surface area contributed by atoms with Gasteiger partial charge in [0.2, 0.25) is 17.7 Å². The average molecular weight is 423 g/mol. The molecule has 2 fully saturated rings. The molecule has 1 aromatic rings. The molecule has 2 atom stereocenters. The number of nitrogens with one attached hydrogen (secondary N) is 1. The van der Waals surface area contributed by atoms with Crippen LogP contribution in [0.25, 0.3) is 0 Å². The molecule has 158 valence electrons. The maximum atomic E-state index is 12.6. The molecule has 2 unspecified atom stereocenters. The van der Waals surface area contributed by atoms with Crippen molar-refractivity contribution >= 4 is 33.2 Å². The number of nitrogens with zero attached hydrogens (tertiary/aromatic N) is 2. The first-order valence-electron chi connectivity index (χ1n) is 9.44. The summed E-state index contributed by atoms with van der Waals surface area (Å²) in [6.07, 6.45) is 0.0614. The molecule has 0 spiro atoms. The highest BCUT2D eigenvalue weighted by Gasteiger charge is 2.37. The van der Waals surface area contributed by atoms with Crippen LogP contribution in [-0.2, 0) is 24.2 Å². The van der Waals surface area contributed by atoms with Crippen molar-refractivity contribution in [1.82, 2.24) is 10.2 Å². The van der Waals surface area contributed by atoms with Crippen molar-refractivity contribution in [2.45, 2.75) is 19.4 Å². The zero-order chi connectivity index (χ0) is 21.2. The SMILES string of the molecule is COc1cccc(N2CC(C(=O)NC(C)C(=O)N3CCS(=O)(=O)CC3)CC2=O)c1. The first-order chi connectivity index (χ1) is 13.7. The largest absolute Gasteiger partial charge is 0.497 e. The molecule has 3 amide bonds. The molecule has 1 N–H and O–H groups in total. The Morgan fingerprint density at radius 1 is 1.24 bits per heavy atom. The van der Waals surface area contributed by atoms with E-state index in [2.05, 4.69) is 5.32 Å². The van der Waals surface area contributed by atoms with E-state index in [1.165, 1.54) is 16.9 Å². The number of anilines is 1. The fourth-order valence-corrected chi connectivity index (χ4v) is 4.71. The van der Waals surface area contributed by atoms with Crippen molar-refractivity contribution in [2.75, 3.05) is 43.1 Å². The summed E-state index contributed by atoms with van der Waals surface area (Å²) in [5, 5.41) is 2.67. The number of rotatable bonds is 5. The summed E-state index contributed by atoms with van der Waals surface area (Å²) in [7, 11) is -1.55. The second-order valence-electron chi connectivity index (χ2n) is 7.31. The zero-order valence-corrected chi connectivity index (χ0v) is 17.3. The van der Waals surface area contributed by atoms with Crippen molar-refractivity contribution < 1.29 is 27.5 Å². The first-order valence-corrected chi connectivity index (χ1v) is 11.3. The van der Waals surface area contributed by atoms with E-state index in [9.17, 15) is 22.8 Å². The van der Waals surface area contributed by atoms with Crippen LogP contribution < -0.4 is 15.0 Å². The summed E-state index contributed by atoms with van der Waals surface area (Å²) >= 11 is 0. The monoisotopic (exact) mass is 423 g/mol. The van der Waals surface area contributed by atoms with Gasteiger partial charge in [-0.25, -0.2) is 8.42 Å². The molecule has 0 radical (unpaired) electrons. The smallest absolute Gasteiger partial charge is 0.244 e. The van der Waals surface area contributed by atoms with Crippen molar-refractivity contribution in [2.24, 2.45) is 5.92 Å². The molecule has 0 aliphatic carbocycles. The van der Waals surface area contributed by atoms with E-state index in [-0.39, 0.29) is 55.3 Å². The second-order valence-corrected chi connectivity index (χ2v) is 9.62. The summed E-state index contributed by atoms with van der Waals surface area (Å²) in [5.41, 5.74) is 0.656. The minimum absolute atomic E-state index is 0.0614. The summed E-state index contributed by atoms with van der Waals surface area (Å²) < 4.78 is 28.2. The van der Waals surface area contributed by atoms with Gasteiger partial charge < -0.3 is 19.9 Å². The number of carbonyl (C=O) groups excluding carboxylic acids is 3. The molecular formula is C19H25N3O6S. The van der Waals surface area contributed by atoms with Crippen LogP contribution in [0.3, 0.4) is 0 Å². The summed E-state index contributed by atoms with van der Waals surface area (Å²) in [6.45, 7) is 2.06. The van der Waals surface area contributed by atoms with E-state index in [1.54, 1.807) is 31.2 Å². The van der Waals surface area contributed by atoms with Crippen LogP contribution in [0, 0.1) is 5.92 Å². The van der Waals surface area contributed by atoms with Gasteiger partial charge in [-0.1, -0.05) is 6.07 Å². The van der Waals surface area contributed by atoms with Crippen LogP contribution >= 0.6 is 0 Å². The topological polar surface area (TPSA) is 113 Å². The summed E-state index contributed by atoms with van der Waals surface area (Å²) in [5.74, 6) is -0.926. The van der Waals surface area contributed by atoms with Crippen LogP contribution in [0.15, 0.2) is 24.3 Å². The highest BCUT2D eigenvalue weighted by molar-refractivity contribution is 7.91. The Balaban J connectivity index is 1.58. The van der Waals surface area contributed by atoms with Gasteiger partial charge in [-0.3, -0.25) is 14.4 Å². The highest BCUT2D eigenvalue weighted by Crippen LogP contribution is 2.28. The molecule has 0 saturated carbocycles. The van der Waals surface area contributed by atoms with E-state index < -0.39 is 21.8 Å². The van der Waals surface area contributed by atoms with E-state index >= 15 is 0 Å². The van der Waals surface area contributed by atoms with E-state index in [0.29, 0.717) is 11.4 Å². The third kappa shape index (κ3) is 4.87. The number of sulfone groups is 1. The fraction of sp³-hybridized carbons (Fsp3) is 0.526. The Hall–Kier alpha value is -2.62. The van der Waals surface area contributed by atoms with Gasteiger partial charge in [0.25, 0.3) is 0 Å². The predicted molar refractivity (Wildman–Crippen MR) is 106 cm³/mol. The molecular weight excluding hydrogens is 398 g/mol. The van der Waals surface area contributed by atoms with Gasteiger partial charge in [-0.05, 0) is 19.1 Å². The van der Waals surface area contributed by atoms with Crippen molar-refractivity contribution in [3.8, 4) is 5.75 Å². The van der Waals surface area contributed by atoms with E-state index in [1.807, 2.05) is 0 Å². The number of ether oxygens (including phenoxy) is 1. The van der Waals surface area contributed by atoms with Gasteiger partial charge in [-0.15, -0.1) is 0 Å².